The van der Waals surface area contributed by atoms with E-state index in [1.165, 1.54) is 19.3 Å². The Hall–Kier alpha value is -1.22. The number of rotatable bonds is 8. The van der Waals surface area contributed by atoms with Gasteiger partial charge < -0.3 is 15.2 Å². The van der Waals surface area contributed by atoms with Crippen LogP contribution in [0.25, 0.3) is 0 Å². The minimum atomic E-state index is 0.107. The molecule has 1 aliphatic carbocycles. The van der Waals surface area contributed by atoms with Crippen LogP contribution in [-0.2, 0) is 0 Å². The normalized spacial score (nSPS) is 16.2. The minimum absolute atomic E-state index is 0.107. The Morgan fingerprint density at radius 1 is 1.16 bits per heavy atom. The molecule has 3 nitrogen and oxygen atoms in total. The van der Waals surface area contributed by atoms with Crippen LogP contribution in [0.3, 0.4) is 0 Å². The number of hydrogen-bond acceptors (Lipinski definition) is 3. The molecule has 1 aromatic carbocycles. The zero-order valence-electron chi connectivity index (χ0n) is 12.0. The van der Waals surface area contributed by atoms with Gasteiger partial charge in [0, 0.05) is 6.04 Å². The monoisotopic (exact) mass is 263 g/mol. The summed E-state index contributed by atoms with van der Waals surface area (Å²) in [6, 6.07) is 6.17. The van der Waals surface area contributed by atoms with Crippen molar-refractivity contribution in [1.82, 2.24) is 0 Å². The number of benzene rings is 1. The number of hydrogen-bond donors (Lipinski definition) is 1. The predicted octanol–water partition coefficient (Wildman–Crippen LogP) is 3.67. The first-order chi connectivity index (χ1) is 9.24. The molecule has 1 fully saturated rings. The molecule has 1 saturated carbocycles. The summed E-state index contributed by atoms with van der Waals surface area (Å²) in [7, 11) is 0. The molecule has 19 heavy (non-hydrogen) atoms. The van der Waals surface area contributed by atoms with Gasteiger partial charge in [0.05, 0.1) is 13.2 Å². The molecule has 106 valence electrons. The summed E-state index contributed by atoms with van der Waals surface area (Å²) in [6.07, 6.45) is 5.09. The third kappa shape index (κ3) is 4.13. The lowest BCUT2D eigenvalue weighted by molar-refractivity contribution is 0.287. The molecular weight excluding hydrogens is 238 g/mol. The maximum absolute atomic E-state index is 6.26. The Morgan fingerprint density at radius 3 is 2.47 bits per heavy atom. The average Bonchev–Trinajstić information content (AvgIpc) is 3.22. The number of ether oxygens (including phenoxy) is 2. The van der Waals surface area contributed by atoms with Gasteiger partial charge in [-0.15, -0.1) is 0 Å². The van der Waals surface area contributed by atoms with Gasteiger partial charge in [-0.3, -0.25) is 0 Å². The fourth-order valence-corrected chi connectivity index (χ4v) is 2.29. The quantitative estimate of drug-likeness (QED) is 0.778. The van der Waals surface area contributed by atoms with Crippen LogP contribution in [0.15, 0.2) is 18.2 Å². The van der Waals surface area contributed by atoms with E-state index in [1.807, 2.05) is 26.0 Å². The van der Waals surface area contributed by atoms with Crippen LogP contribution < -0.4 is 15.2 Å². The van der Waals surface area contributed by atoms with Crippen molar-refractivity contribution in [3.8, 4) is 11.5 Å². The fourth-order valence-electron chi connectivity index (χ4n) is 2.29. The van der Waals surface area contributed by atoms with E-state index in [1.54, 1.807) is 0 Å². The molecule has 0 aliphatic heterocycles. The highest BCUT2D eigenvalue weighted by Gasteiger charge is 2.22. The maximum Gasteiger partial charge on any atom is 0.161 e. The minimum Gasteiger partial charge on any atom is -0.490 e. The van der Waals surface area contributed by atoms with Gasteiger partial charge in [0.2, 0.25) is 0 Å². The molecule has 1 atom stereocenters. The van der Waals surface area contributed by atoms with E-state index in [2.05, 4.69) is 6.07 Å². The molecule has 0 amide bonds. The SMILES string of the molecule is CCOc1ccc(C(N)CCC2CC2)cc1OCC. The lowest BCUT2D eigenvalue weighted by atomic mass is 10.0. The molecular formula is C16H25NO2. The van der Waals surface area contributed by atoms with Crippen molar-refractivity contribution in [2.45, 2.75) is 45.6 Å². The Balaban J connectivity index is 2.04. The van der Waals surface area contributed by atoms with Gasteiger partial charge >= 0.3 is 0 Å². The summed E-state index contributed by atoms with van der Waals surface area (Å²) in [5.41, 5.74) is 7.41. The van der Waals surface area contributed by atoms with Crippen molar-refractivity contribution >= 4 is 0 Å². The van der Waals surface area contributed by atoms with E-state index < -0.39 is 0 Å². The van der Waals surface area contributed by atoms with Crippen LogP contribution >= 0.6 is 0 Å². The summed E-state index contributed by atoms with van der Waals surface area (Å²) in [5.74, 6) is 2.55. The molecule has 0 aromatic heterocycles. The second-order valence-corrected chi connectivity index (χ2v) is 5.20. The van der Waals surface area contributed by atoms with E-state index in [9.17, 15) is 0 Å². The number of nitrogens with two attached hydrogens (primary N) is 1. The Labute approximate surface area is 116 Å². The zero-order valence-corrected chi connectivity index (χ0v) is 12.0. The Morgan fingerprint density at radius 2 is 1.84 bits per heavy atom. The molecule has 1 unspecified atom stereocenters. The van der Waals surface area contributed by atoms with Gasteiger partial charge in [-0.1, -0.05) is 18.9 Å². The summed E-state index contributed by atoms with van der Waals surface area (Å²) < 4.78 is 11.2. The van der Waals surface area contributed by atoms with Crippen LogP contribution in [0.1, 0.15) is 51.1 Å². The van der Waals surface area contributed by atoms with E-state index >= 15 is 0 Å². The van der Waals surface area contributed by atoms with Crippen LogP contribution in [0.4, 0.5) is 0 Å². The van der Waals surface area contributed by atoms with Crippen molar-refractivity contribution in [2.24, 2.45) is 11.7 Å². The maximum atomic E-state index is 6.26. The van der Waals surface area contributed by atoms with Gasteiger partial charge in [-0.25, -0.2) is 0 Å². The molecule has 1 aromatic rings. The van der Waals surface area contributed by atoms with E-state index in [-0.39, 0.29) is 6.04 Å². The highest BCUT2D eigenvalue weighted by molar-refractivity contribution is 5.43. The molecule has 0 heterocycles. The van der Waals surface area contributed by atoms with Crippen LogP contribution in [0, 0.1) is 5.92 Å². The van der Waals surface area contributed by atoms with Crippen molar-refractivity contribution in [1.29, 1.82) is 0 Å². The third-order valence-electron chi connectivity index (χ3n) is 3.58. The van der Waals surface area contributed by atoms with Crippen LogP contribution in [0.2, 0.25) is 0 Å². The van der Waals surface area contributed by atoms with E-state index in [4.69, 9.17) is 15.2 Å². The van der Waals surface area contributed by atoms with Gasteiger partial charge in [0.25, 0.3) is 0 Å². The molecule has 0 bridgehead atoms. The first-order valence-corrected chi connectivity index (χ1v) is 7.39. The highest BCUT2D eigenvalue weighted by atomic mass is 16.5. The summed E-state index contributed by atoms with van der Waals surface area (Å²) in [5, 5.41) is 0. The fraction of sp³-hybridized carbons (Fsp3) is 0.625. The van der Waals surface area contributed by atoms with E-state index in [0.717, 1.165) is 29.4 Å². The topological polar surface area (TPSA) is 44.5 Å². The molecule has 3 heteroatoms. The molecule has 0 spiro atoms. The first-order valence-electron chi connectivity index (χ1n) is 7.39. The molecule has 2 N–H and O–H groups in total. The second-order valence-electron chi connectivity index (χ2n) is 5.20. The van der Waals surface area contributed by atoms with Crippen molar-refractivity contribution in [3.05, 3.63) is 23.8 Å². The van der Waals surface area contributed by atoms with Gasteiger partial charge in [-0.05, 0) is 50.3 Å². The summed E-state index contributed by atoms with van der Waals surface area (Å²) >= 11 is 0. The highest BCUT2D eigenvalue weighted by Crippen LogP contribution is 2.36. The van der Waals surface area contributed by atoms with Crippen molar-refractivity contribution in [3.63, 3.8) is 0 Å². The third-order valence-corrected chi connectivity index (χ3v) is 3.58. The Kier molecular flexibility index (Phi) is 5.08. The lowest BCUT2D eigenvalue weighted by Gasteiger charge is -2.16. The zero-order chi connectivity index (χ0) is 13.7. The molecule has 0 radical (unpaired) electrons. The molecule has 1 aliphatic rings. The van der Waals surface area contributed by atoms with Gasteiger partial charge in [0.1, 0.15) is 0 Å². The van der Waals surface area contributed by atoms with Crippen molar-refractivity contribution < 1.29 is 9.47 Å². The van der Waals surface area contributed by atoms with Crippen LogP contribution in [0.5, 0.6) is 11.5 Å². The second kappa shape index (κ2) is 6.80. The summed E-state index contributed by atoms with van der Waals surface area (Å²) in [4.78, 5) is 0. The molecule has 2 rings (SSSR count). The predicted molar refractivity (Wildman–Crippen MR) is 77.7 cm³/mol. The van der Waals surface area contributed by atoms with E-state index in [0.29, 0.717) is 13.2 Å². The Bertz CT molecular complexity index is 402. The van der Waals surface area contributed by atoms with Gasteiger partial charge in [-0.2, -0.15) is 0 Å². The average molecular weight is 263 g/mol. The largest absolute Gasteiger partial charge is 0.490 e. The standard InChI is InChI=1S/C16H25NO2/c1-3-18-15-10-8-13(11-16(15)19-4-2)14(17)9-7-12-5-6-12/h8,10-12,14H,3-7,9,17H2,1-2H3. The smallest absolute Gasteiger partial charge is 0.161 e. The van der Waals surface area contributed by atoms with Crippen LogP contribution in [-0.4, -0.2) is 13.2 Å². The van der Waals surface area contributed by atoms with Gasteiger partial charge in [0.15, 0.2) is 11.5 Å². The van der Waals surface area contributed by atoms with Crippen molar-refractivity contribution in [2.75, 3.05) is 13.2 Å². The molecule has 0 saturated heterocycles. The lowest BCUT2D eigenvalue weighted by Crippen LogP contribution is -2.11. The first kappa shape index (κ1) is 14.2. The summed E-state index contributed by atoms with van der Waals surface area (Å²) in [6.45, 7) is 5.24.